The summed E-state index contributed by atoms with van der Waals surface area (Å²) in [6, 6.07) is 10.0. The number of pyridine rings is 1. The van der Waals surface area contributed by atoms with Crippen LogP contribution in [-0.4, -0.2) is 65.8 Å². The van der Waals surface area contributed by atoms with Gasteiger partial charge in [-0.2, -0.15) is 4.98 Å². The molecule has 168 valence electrons. The summed E-state index contributed by atoms with van der Waals surface area (Å²) in [5, 5.41) is 0.790. The van der Waals surface area contributed by atoms with Gasteiger partial charge >= 0.3 is 6.01 Å². The predicted octanol–water partition coefficient (Wildman–Crippen LogP) is 2.62. The van der Waals surface area contributed by atoms with Crippen molar-refractivity contribution in [3.63, 3.8) is 0 Å². The molecule has 3 aromatic rings. The molecule has 0 radical (unpaired) electrons. The number of para-hydroxylation sites is 1. The zero-order valence-electron chi connectivity index (χ0n) is 18.3. The van der Waals surface area contributed by atoms with Crippen LogP contribution in [0.2, 0.25) is 0 Å². The number of nitrogens with one attached hydrogen (secondary N) is 1. The normalized spacial score (nSPS) is 16.6. The van der Waals surface area contributed by atoms with Crippen LogP contribution in [0, 0.1) is 0 Å². The number of hydrogen-bond acceptors (Lipinski definition) is 7. The predicted molar refractivity (Wildman–Crippen MR) is 124 cm³/mol. The van der Waals surface area contributed by atoms with Crippen molar-refractivity contribution in [1.29, 1.82) is 0 Å². The third-order valence-corrected chi connectivity index (χ3v) is 6.18. The van der Waals surface area contributed by atoms with E-state index in [1.54, 1.807) is 12.3 Å². The SMILES string of the molecule is O=c1ccc2cnc(OCCCCN3CCN(c4cccc5c4OCCC5)CC3)nc2[nH]1. The Hall–Kier alpha value is -3.13. The first-order valence-electron chi connectivity index (χ1n) is 11.5. The van der Waals surface area contributed by atoms with E-state index in [4.69, 9.17) is 9.47 Å². The minimum Gasteiger partial charge on any atom is -0.491 e. The number of nitrogens with zero attached hydrogens (tertiary/aromatic N) is 4. The molecule has 4 heterocycles. The fourth-order valence-corrected chi connectivity index (χ4v) is 4.42. The second-order valence-corrected chi connectivity index (χ2v) is 8.38. The van der Waals surface area contributed by atoms with Crippen molar-refractivity contribution in [1.82, 2.24) is 19.9 Å². The summed E-state index contributed by atoms with van der Waals surface area (Å²) in [5.74, 6) is 1.10. The van der Waals surface area contributed by atoms with Crippen LogP contribution in [0.3, 0.4) is 0 Å². The van der Waals surface area contributed by atoms with Crippen molar-refractivity contribution in [3.05, 3.63) is 52.4 Å². The summed E-state index contributed by atoms with van der Waals surface area (Å²) >= 11 is 0. The quantitative estimate of drug-likeness (QED) is 0.571. The Labute approximate surface area is 187 Å². The van der Waals surface area contributed by atoms with Gasteiger partial charge in [-0.25, -0.2) is 4.98 Å². The minimum absolute atomic E-state index is 0.179. The van der Waals surface area contributed by atoms with Crippen LogP contribution >= 0.6 is 0 Å². The van der Waals surface area contributed by atoms with Crippen LogP contribution in [0.15, 0.2) is 41.3 Å². The van der Waals surface area contributed by atoms with Gasteiger partial charge in [0.1, 0.15) is 11.4 Å². The maximum absolute atomic E-state index is 11.4. The number of hydrogen-bond donors (Lipinski definition) is 1. The van der Waals surface area contributed by atoms with Gasteiger partial charge in [-0.15, -0.1) is 0 Å². The summed E-state index contributed by atoms with van der Waals surface area (Å²) in [5.41, 5.74) is 2.93. The first kappa shape index (κ1) is 20.8. The molecule has 0 atom stereocenters. The Bertz CT molecular complexity index is 1120. The molecule has 0 amide bonds. The molecule has 2 aliphatic heterocycles. The molecule has 1 fully saturated rings. The number of H-pyrrole nitrogens is 1. The van der Waals surface area contributed by atoms with Crippen molar-refractivity contribution < 1.29 is 9.47 Å². The van der Waals surface area contributed by atoms with E-state index in [1.807, 2.05) is 0 Å². The molecular formula is C24H29N5O3. The maximum Gasteiger partial charge on any atom is 0.318 e. The first-order chi connectivity index (χ1) is 15.8. The van der Waals surface area contributed by atoms with Crippen molar-refractivity contribution in [2.45, 2.75) is 25.7 Å². The van der Waals surface area contributed by atoms with Gasteiger partial charge in [0.15, 0.2) is 0 Å². The largest absolute Gasteiger partial charge is 0.491 e. The lowest BCUT2D eigenvalue weighted by Gasteiger charge is -2.37. The second kappa shape index (κ2) is 9.56. The number of aromatic nitrogens is 3. The maximum atomic E-state index is 11.4. The molecule has 1 aromatic carbocycles. The Kier molecular flexibility index (Phi) is 6.20. The van der Waals surface area contributed by atoms with E-state index < -0.39 is 0 Å². The van der Waals surface area contributed by atoms with Crippen molar-refractivity contribution in [2.75, 3.05) is 50.8 Å². The van der Waals surface area contributed by atoms with Crippen LogP contribution < -0.4 is 19.9 Å². The van der Waals surface area contributed by atoms with E-state index in [-0.39, 0.29) is 5.56 Å². The summed E-state index contributed by atoms with van der Waals surface area (Å²) in [6.45, 7) is 6.63. The number of aryl methyl sites for hydroxylation is 1. The molecule has 0 saturated carbocycles. The van der Waals surface area contributed by atoms with Gasteiger partial charge in [-0.05, 0) is 49.9 Å². The van der Waals surface area contributed by atoms with Crippen molar-refractivity contribution >= 4 is 16.7 Å². The molecular weight excluding hydrogens is 406 g/mol. The van der Waals surface area contributed by atoms with E-state index in [9.17, 15) is 4.79 Å². The average Bonchev–Trinajstić information content (AvgIpc) is 2.83. The van der Waals surface area contributed by atoms with E-state index in [1.165, 1.54) is 17.3 Å². The van der Waals surface area contributed by atoms with Crippen molar-refractivity contribution in [3.8, 4) is 11.8 Å². The van der Waals surface area contributed by atoms with Crippen LogP contribution in [0.4, 0.5) is 5.69 Å². The highest BCUT2D eigenvalue weighted by Gasteiger charge is 2.22. The number of rotatable bonds is 7. The Morgan fingerprint density at radius 3 is 2.91 bits per heavy atom. The minimum atomic E-state index is -0.179. The van der Waals surface area contributed by atoms with E-state index in [2.05, 4.69) is 43.0 Å². The lowest BCUT2D eigenvalue weighted by Crippen LogP contribution is -2.46. The lowest BCUT2D eigenvalue weighted by molar-refractivity contribution is 0.232. The number of piperazine rings is 1. The highest BCUT2D eigenvalue weighted by atomic mass is 16.5. The molecule has 8 nitrogen and oxygen atoms in total. The summed E-state index contributed by atoms with van der Waals surface area (Å²) < 4.78 is 11.7. The summed E-state index contributed by atoms with van der Waals surface area (Å²) in [7, 11) is 0. The van der Waals surface area contributed by atoms with E-state index in [0.717, 1.165) is 76.1 Å². The molecule has 0 spiro atoms. The monoisotopic (exact) mass is 435 g/mol. The van der Waals surface area contributed by atoms with Crippen LogP contribution in [0.5, 0.6) is 11.8 Å². The summed E-state index contributed by atoms with van der Waals surface area (Å²) in [6.07, 6.45) is 5.90. The first-order valence-corrected chi connectivity index (χ1v) is 11.5. The standard InChI is InChI=1S/C24H29N5O3/c30-21-9-8-19-17-25-24(27-23(19)26-21)32-15-2-1-10-28-11-13-29(14-12-28)20-7-3-5-18-6-4-16-31-22(18)20/h3,5,7-9,17H,1-2,4,6,10-16H2,(H,25,26,27,30). The molecule has 8 heteroatoms. The highest BCUT2D eigenvalue weighted by molar-refractivity contribution is 5.73. The highest BCUT2D eigenvalue weighted by Crippen LogP contribution is 2.35. The lowest BCUT2D eigenvalue weighted by atomic mass is 10.0. The summed E-state index contributed by atoms with van der Waals surface area (Å²) in [4.78, 5) is 27.6. The van der Waals surface area contributed by atoms with Gasteiger partial charge in [0.05, 0.1) is 18.9 Å². The van der Waals surface area contributed by atoms with Crippen molar-refractivity contribution in [2.24, 2.45) is 0 Å². The van der Waals surface area contributed by atoms with Gasteiger partial charge in [0, 0.05) is 43.8 Å². The molecule has 2 aromatic heterocycles. The smallest absolute Gasteiger partial charge is 0.318 e. The second-order valence-electron chi connectivity index (χ2n) is 8.38. The van der Waals surface area contributed by atoms with Crippen LogP contribution in [-0.2, 0) is 6.42 Å². The molecule has 5 rings (SSSR count). The van der Waals surface area contributed by atoms with Crippen LogP contribution in [0.1, 0.15) is 24.8 Å². The Morgan fingerprint density at radius 2 is 2.00 bits per heavy atom. The molecule has 1 saturated heterocycles. The number of benzene rings is 1. The number of unbranched alkanes of at least 4 members (excludes halogenated alkanes) is 1. The molecule has 0 aliphatic carbocycles. The fourth-order valence-electron chi connectivity index (χ4n) is 4.42. The van der Waals surface area contributed by atoms with E-state index >= 15 is 0 Å². The van der Waals surface area contributed by atoms with Gasteiger partial charge in [0.25, 0.3) is 0 Å². The number of aromatic amines is 1. The van der Waals surface area contributed by atoms with Gasteiger partial charge < -0.3 is 19.4 Å². The molecule has 0 unspecified atom stereocenters. The third kappa shape index (κ3) is 4.70. The number of ether oxygens (including phenoxy) is 2. The van der Waals surface area contributed by atoms with Gasteiger partial charge in [-0.1, -0.05) is 12.1 Å². The molecule has 1 N–H and O–H groups in total. The zero-order chi connectivity index (χ0) is 21.8. The molecule has 32 heavy (non-hydrogen) atoms. The molecule has 0 bridgehead atoms. The zero-order valence-corrected chi connectivity index (χ0v) is 18.3. The topological polar surface area (TPSA) is 83.6 Å². The Morgan fingerprint density at radius 1 is 1.09 bits per heavy atom. The Balaban J connectivity index is 1.05. The van der Waals surface area contributed by atoms with Crippen LogP contribution in [0.25, 0.3) is 11.0 Å². The third-order valence-electron chi connectivity index (χ3n) is 6.18. The average molecular weight is 436 g/mol. The van der Waals surface area contributed by atoms with Gasteiger partial charge in [0.2, 0.25) is 5.56 Å². The number of fused-ring (bicyclic) bond motifs is 2. The van der Waals surface area contributed by atoms with E-state index in [0.29, 0.717) is 18.3 Å². The molecule has 2 aliphatic rings. The fraction of sp³-hybridized carbons (Fsp3) is 0.458. The number of anilines is 1. The van der Waals surface area contributed by atoms with Gasteiger partial charge in [-0.3, -0.25) is 9.69 Å².